The number of aromatic nitrogens is 3. The molecule has 0 aliphatic carbocycles. The molecule has 2 heterocycles. The second-order valence-corrected chi connectivity index (χ2v) is 4.60. The van der Waals surface area contributed by atoms with Gasteiger partial charge in [-0.05, 0) is 37.6 Å². The molecule has 0 aromatic carbocycles. The summed E-state index contributed by atoms with van der Waals surface area (Å²) in [7, 11) is 2.00. The maximum absolute atomic E-state index is 4.46. The van der Waals surface area contributed by atoms with Gasteiger partial charge >= 0.3 is 0 Å². The molecule has 0 fully saturated rings. The van der Waals surface area contributed by atoms with E-state index in [1.54, 1.807) is 0 Å². The van der Waals surface area contributed by atoms with Crippen molar-refractivity contribution in [3.8, 4) is 0 Å². The number of hydrogen-bond donors (Lipinski definition) is 1. The third-order valence-corrected chi connectivity index (χ3v) is 3.58. The first-order valence-electron chi connectivity index (χ1n) is 6.90. The highest BCUT2D eigenvalue weighted by Crippen LogP contribution is 2.21. The Labute approximate surface area is 114 Å². The molecule has 0 aliphatic rings. The van der Waals surface area contributed by atoms with E-state index in [-0.39, 0.29) is 6.04 Å². The molecule has 0 bridgehead atoms. The minimum Gasteiger partial charge on any atom is -0.335 e. The van der Waals surface area contributed by atoms with Gasteiger partial charge in [-0.3, -0.25) is 4.98 Å². The number of likely N-dealkylation sites (N-methyl/N-ethyl adjacent to an activating group) is 1. The summed E-state index contributed by atoms with van der Waals surface area (Å²) in [4.78, 5) is 8.68. The van der Waals surface area contributed by atoms with E-state index in [1.807, 2.05) is 31.8 Å². The van der Waals surface area contributed by atoms with Crippen molar-refractivity contribution < 1.29 is 0 Å². The topological polar surface area (TPSA) is 42.7 Å². The normalized spacial score (nSPS) is 12.6. The fourth-order valence-corrected chi connectivity index (χ4v) is 2.44. The molecule has 0 spiro atoms. The van der Waals surface area contributed by atoms with E-state index < -0.39 is 0 Å². The van der Waals surface area contributed by atoms with Crippen LogP contribution in [0.5, 0.6) is 0 Å². The Balaban J connectivity index is 2.25. The first kappa shape index (κ1) is 13.7. The van der Waals surface area contributed by atoms with Crippen LogP contribution < -0.4 is 5.32 Å². The lowest BCUT2D eigenvalue weighted by atomic mass is 9.98. The van der Waals surface area contributed by atoms with E-state index in [4.69, 9.17) is 0 Å². The van der Waals surface area contributed by atoms with Crippen molar-refractivity contribution in [2.45, 2.75) is 39.3 Å². The number of nitrogens with zero attached hydrogens (tertiary/aromatic N) is 3. The Kier molecular flexibility index (Phi) is 4.68. The molecule has 2 aromatic rings. The summed E-state index contributed by atoms with van der Waals surface area (Å²) < 4.78 is 2.19. The Hall–Kier alpha value is -1.68. The molecule has 4 heteroatoms. The third-order valence-electron chi connectivity index (χ3n) is 3.58. The molecule has 1 unspecified atom stereocenters. The molecule has 2 rings (SSSR count). The molecule has 1 atom stereocenters. The van der Waals surface area contributed by atoms with Gasteiger partial charge in [0.25, 0.3) is 0 Å². The molecular formula is C15H22N4. The molecule has 0 aliphatic heterocycles. The molecule has 19 heavy (non-hydrogen) atoms. The van der Waals surface area contributed by atoms with Crippen molar-refractivity contribution in [3.63, 3.8) is 0 Å². The summed E-state index contributed by atoms with van der Waals surface area (Å²) in [5.41, 5.74) is 2.63. The fourth-order valence-electron chi connectivity index (χ4n) is 2.44. The summed E-state index contributed by atoms with van der Waals surface area (Å²) in [6.45, 7) is 5.27. The summed E-state index contributed by atoms with van der Waals surface area (Å²) in [5, 5.41) is 3.40. The average molecular weight is 258 g/mol. The predicted molar refractivity (Wildman–Crippen MR) is 77.0 cm³/mol. The van der Waals surface area contributed by atoms with Crippen LogP contribution in [-0.2, 0) is 19.4 Å². The Morgan fingerprint density at radius 2 is 2.16 bits per heavy atom. The molecule has 102 valence electrons. The van der Waals surface area contributed by atoms with E-state index in [1.165, 1.54) is 11.1 Å². The quantitative estimate of drug-likeness (QED) is 0.865. The van der Waals surface area contributed by atoms with Crippen molar-refractivity contribution in [1.29, 1.82) is 0 Å². The highest BCUT2D eigenvalue weighted by molar-refractivity contribution is 5.27. The second kappa shape index (κ2) is 6.48. The highest BCUT2D eigenvalue weighted by Gasteiger charge is 2.15. The van der Waals surface area contributed by atoms with Gasteiger partial charge in [-0.15, -0.1) is 0 Å². The van der Waals surface area contributed by atoms with Gasteiger partial charge in [0.2, 0.25) is 0 Å². The monoisotopic (exact) mass is 258 g/mol. The number of rotatable bonds is 6. The van der Waals surface area contributed by atoms with E-state index in [2.05, 4.69) is 39.8 Å². The van der Waals surface area contributed by atoms with Gasteiger partial charge in [0.05, 0.1) is 0 Å². The van der Waals surface area contributed by atoms with Crippen molar-refractivity contribution in [2.75, 3.05) is 7.05 Å². The van der Waals surface area contributed by atoms with Crippen LogP contribution in [0.15, 0.2) is 30.9 Å². The standard InChI is InChI=1S/C15H22N4/c1-4-12-11-17-7-6-13(12)14(16-3)10-15-18-8-9-19(15)5-2/h6-9,11,14,16H,4-5,10H2,1-3H3. The molecule has 0 saturated carbocycles. The van der Waals surface area contributed by atoms with Crippen LogP contribution in [0.4, 0.5) is 0 Å². The van der Waals surface area contributed by atoms with Crippen LogP contribution in [0.25, 0.3) is 0 Å². The number of pyridine rings is 1. The van der Waals surface area contributed by atoms with E-state index in [9.17, 15) is 0 Å². The smallest absolute Gasteiger partial charge is 0.110 e. The maximum atomic E-state index is 4.46. The van der Waals surface area contributed by atoms with Crippen LogP contribution in [0, 0.1) is 0 Å². The Bertz CT molecular complexity index is 518. The van der Waals surface area contributed by atoms with Crippen LogP contribution in [0.3, 0.4) is 0 Å². The van der Waals surface area contributed by atoms with Gasteiger partial charge in [0.1, 0.15) is 5.82 Å². The average Bonchev–Trinajstić information content (AvgIpc) is 2.92. The molecule has 2 aromatic heterocycles. The van der Waals surface area contributed by atoms with Gasteiger partial charge in [-0.25, -0.2) is 4.98 Å². The lowest BCUT2D eigenvalue weighted by Crippen LogP contribution is -2.22. The minimum atomic E-state index is 0.283. The van der Waals surface area contributed by atoms with Gasteiger partial charge in [-0.2, -0.15) is 0 Å². The van der Waals surface area contributed by atoms with Crippen molar-refractivity contribution in [2.24, 2.45) is 0 Å². The zero-order chi connectivity index (χ0) is 13.7. The van der Waals surface area contributed by atoms with Gasteiger partial charge in [0.15, 0.2) is 0 Å². The summed E-state index contributed by atoms with van der Waals surface area (Å²) in [6, 6.07) is 2.39. The van der Waals surface area contributed by atoms with Crippen molar-refractivity contribution in [3.05, 3.63) is 47.8 Å². The SMILES string of the molecule is CCc1cnccc1C(Cc1nccn1CC)NC. The van der Waals surface area contributed by atoms with Gasteiger partial charge < -0.3 is 9.88 Å². The summed E-state index contributed by atoms with van der Waals surface area (Å²) in [6.07, 6.45) is 9.64. The van der Waals surface area contributed by atoms with Crippen LogP contribution >= 0.6 is 0 Å². The largest absolute Gasteiger partial charge is 0.335 e. The van der Waals surface area contributed by atoms with E-state index in [0.717, 1.165) is 25.2 Å². The maximum Gasteiger partial charge on any atom is 0.110 e. The number of hydrogen-bond acceptors (Lipinski definition) is 3. The van der Waals surface area contributed by atoms with E-state index in [0.29, 0.717) is 0 Å². The fraction of sp³-hybridized carbons (Fsp3) is 0.467. The second-order valence-electron chi connectivity index (χ2n) is 4.60. The molecule has 0 radical (unpaired) electrons. The molecule has 0 amide bonds. The lowest BCUT2D eigenvalue weighted by Gasteiger charge is -2.19. The Morgan fingerprint density at radius 3 is 2.84 bits per heavy atom. The molecule has 0 saturated heterocycles. The number of nitrogens with one attached hydrogen (secondary N) is 1. The minimum absolute atomic E-state index is 0.283. The van der Waals surface area contributed by atoms with Crippen LogP contribution in [0.1, 0.15) is 36.8 Å². The first-order valence-corrected chi connectivity index (χ1v) is 6.90. The lowest BCUT2D eigenvalue weighted by molar-refractivity contribution is 0.548. The van der Waals surface area contributed by atoms with Gasteiger partial charge in [0, 0.05) is 43.8 Å². The zero-order valence-corrected chi connectivity index (χ0v) is 11.9. The number of aryl methyl sites for hydroxylation is 2. The van der Waals surface area contributed by atoms with Crippen molar-refractivity contribution in [1.82, 2.24) is 19.9 Å². The third kappa shape index (κ3) is 3.01. The molecule has 1 N–H and O–H groups in total. The van der Waals surface area contributed by atoms with Gasteiger partial charge in [-0.1, -0.05) is 6.92 Å². The summed E-state index contributed by atoms with van der Waals surface area (Å²) in [5.74, 6) is 1.13. The highest BCUT2D eigenvalue weighted by atomic mass is 15.1. The predicted octanol–water partition coefficient (Wildman–Crippen LogP) is 2.36. The van der Waals surface area contributed by atoms with Crippen molar-refractivity contribution >= 4 is 0 Å². The zero-order valence-electron chi connectivity index (χ0n) is 11.9. The van der Waals surface area contributed by atoms with Crippen LogP contribution in [-0.4, -0.2) is 21.6 Å². The Morgan fingerprint density at radius 1 is 1.32 bits per heavy atom. The molecular weight excluding hydrogens is 236 g/mol. The van der Waals surface area contributed by atoms with E-state index >= 15 is 0 Å². The number of imidazole rings is 1. The first-order chi connectivity index (χ1) is 9.30. The summed E-state index contributed by atoms with van der Waals surface area (Å²) >= 11 is 0. The van der Waals surface area contributed by atoms with Crippen LogP contribution in [0.2, 0.25) is 0 Å². The molecule has 4 nitrogen and oxygen atoms in total.